The normalized spacial score (nSPS) is 16.8. The minimum atomic E-state index is -3.07. The molecule has 5 aliphatic heterocycles. The molecule has 0 aliphatic carbocycles. The molecule has 112 heavy (non-hydrogen) atoms. The Morgan fingerprint density at radius 1 is 0.491 bits per heavy atom. The summed E-state index contributed by atoms with van der Waals surface area (Å²) >= 11 is 9.00. The van der Waals surface area contributed by atoms with Gasteiger partial charge < -0.3 is 78.0 Å². The number of rotatable bonds is 11. The molecule has 0 saturated carbocycles. The van der Waals surface area contributed by atoms with Crippen LogP contribution in [-0.4, -0.2) is 246 Å². The Morgan fingerprint density at radius 3 is 1.25 bits per heavy atom. The van der Waals surface area contributed by atoms with E-state index >= 15 is 0 Å². The van der Waals surface area contributed by atoms with Gasteiger partial charge in [-0.05, 0) is 159 Å². The highest BCUT2D eigenvalue weighted by Crippen LogP contribution is 2.38. The number of hydrogen-bond acceptors (Lipinski definition) is 32. The van der Waals surface area contributed by atoms with E-state index in [1.54, 1.807) is 116 Å². The van der Waals surface area contributed by atoms with Crippen LogP contribution in [0.2, 0.25) is 5.28 Å². The second kappa shape index (κ2) is 37.5. The zero-order chi connectivity index (χ0) is 83.4. The molecule has 10 rings (SSSR count). The SMILES string of the molecule is CC(C)(C)OC(=O)N(C(=O)OC(C)(C)C)c1ncc(B2OC(C)(C)C(C)(C)O2)c(C(F)F)n1.CC(C)(C)OC(=O)N(C(=O)OC(C)(C)C)c1ncc(Br)c(C(F)F)n1.CC(C)(C)OC(=O)N1CCN(c2nc(Cl)nc(N3CCOCC3)n2)CC1.Nc1ncc(-c2nc(N3CCNCC3)nc(N3CCOCC3)n2)c(C(F)F)n1. The Kier molecular flexibility index (Phi) is 30.2. The van der Waals surface area contributed by atoms with Crippen molar-refractivity contribution in [2.45, 2.75) is 190 Å². The van der Waals surface area contributed by atoms with Gasteiger partial charge in [0, 0.05) is 103 Å². The second-order valence-corrected chi connectivity index (χ2v) is 32.6. The fourth-order valence-electron chi connectivity index (χ4n) is 10.1. The maximum Gasteiger partial charge on any atom is 0.498 e. The Labute approximate surface area is 659 Å². The molecule has 44 heteroatoms. The minimum absolute atomic E-state index is 0.0532. The molecule has 5 fully saturated rings. The summed E-state index contributed by atoms with van der Waals surface area (Å²) < 4.78 is 130. The van der Waals surface area contributed by atoms with Gasteiger partial charge in [0.2, 0.25) is 46.9 Å². The lowest BCUT2D eigenvalue weighted by atomic mass is 9.79. The topological polar surface area (TPSA) is 384 Å². The molecular formula is C68H98BBrClF6N21O14. The monoisotopic (exact) mass is 1670 g/mol. The lowest BCUT2D eigenvalue weighted by Crippen LogP contribution is -2.50. The van der Waals surface area contributed by atoms with Crippen LogP contribution >= 0.6 is 27.5 Å². The van der Waals surface area contributed by atoms with Crippen molar-refractivity contribution < 1.29 is 92.8 Å². The molecule has 35 nitrogen and oxygen atoms in total. The van der Waals surface area contributed by atoms with E-state index < -0.39 is 119 Å². The number of ether oxygens (including phenoxy) is 7. The van der Waals surface area contributed by atoms with Crippen LogP contribution in [0.25, 0.3) is 11.4 Å². The smallest absolute Gasteiger partial charge is 0.444 e. The van der Waals surface area contributed by atoms with Crippen molar-refractivity contribution in [1.82, 2.24) is 70.0 Å². The number of amides is 5. The average Bonchev–Trinajstić information content (AvgIpc) is 1.55. The van der Waals surface area contributed by atoms with E-state index in [1.807, 2.05) is 40.4 Å². The van der Waals surface area contributed by atoms with Gasteiger partial charge in [-0.1, -0.05) is 0 Å². The van der Waals surface area contributed by atoms with Crippen LogP contribution in [0.3, 0.4) is 0 Å². The Bertz CT molecular complexity index is 3950. The number of nitrogens with two attached hydrogens (primary N) is 1. The molecule has 618 valence electrons. The van der Waals surface area contributed by atoms with Crippen LogP contribution in [0.1, 0.15) is 168 Å². The van der Waals surface area contributed by atoms with Crippen LogP contribution in [0.15, 0.2) is 23.1 Å². The van der Waals surface area contributed by atoms with Crippen LogP contribution in [-0.2, 0) is 42.5 Å². The number of morpholine rings is 2. The lowest BCUT2D eigenvalue weighted by Gasteiger charge is -2.36. The number of nitrogens with zero attached hydrogens (tertiary/aromatic N) is 19. The second-order valence-electron chi connectivity index (χ2n) is 31.4. The van der Waals surface area contributed by atoms with E-state index in [0.717, 1.165) is 38.6 Å². The van der Waals surface area contributed by atoms with Gasteiger partial charge in [-0.25, -0.2) is 80.2 Å². The van der Waals surface area contributed by atoms with Crippen molar-refractivity contribution >= 4 is 112 Å². The average molecular weight is 1670 g/mol. The van der Waals surface area contributed by atoms with Gasteiger partial charge in [0.25, 0.3) is 19.3 Å². The van der Waals surface area contributed by atoms with E-state index in [0.29, 0.717) is 112 Å². The first-order valence-corrected chi connectivity index (χ1v) is 36.8. The Morgan fingerprint density at radius 2 is 0.857 bits per heavy atom. The summed E-state index contributed by atoms with van der Waals surface area (Å²) in [5.74, 6) is 0.692. The highest BCUT2D eigenvalue weighted by Gasteiger charge is 2.53. The first-order chi connectivity index (χ1) is 51.9. The number of hydrogen-bond donors (Lipinski definition) is 2. The van der Waals surface area contributed by atoms with Gasteiger partial charge in [-0.3, -0.25) is 0 Å². The van der Waals surface area contributed by atoms with Crippen molar-refractivity contribution in [3.05, 3.63) is 45.4 Å². The predicted molar refractivity (Wildman–Crippen MR) is 404 cm³/mol. The summed E-state index contributed by atoms with van der Waals surface area (Å²) in [4.78, 5) is 122. The number of piperazine rings is 2. The van der Waals surface area contributed by atoms with Crippen molar-refractivity contribution in [1.29, 1.82) is 0 Å². The molecule has 3 N–H and O–H groups in total. The molecular weight excluding hydrogens is 1580 g/mol. The molecule has 5 aliphatic rings. The fourth-order valence-corrected chi connectivity index (χ4v) is 10.6. The van der Waals surface area contributed by atoms with Crippen LogP contribution in [0.4, 0.5) is 92.0 Å². The predicted octanol–water partition coefficient (Wildman–Crippen LogP) is 10.8. The standard InChI is InChI=1S/C21H32BF2N3O6.C16H25ClN6O3.C16H21F2N9O.C15H20BrF2N3O4/c1-18(2,3)30-16(28)27(17(29)31-19(4,5)6)15-25-11-12(13(26-15)14(23)24)22-32-20(7,8)21(9,10)33-22;1-16(2,3)26-15(24)23-6-4-21(5-7-23)13-18-12(17)19-14(20-13)22-8-10-25-11-9-22;17-12(18)11-10(9-21-14(19)22-11)13-23-15(26-3-1-20-2-4-26)25-16(24-13)27-5-7-28-8-6-27;1-14(2,3)24-12(22)21(13(23)25-15(4,5)6)11-19-7-8(16)9(20-11)10(17)18/h11,14H,1-10H3;4-11H2,1-3H3;9,12,20H,1-8H2,(H2,19,21,22);7,10H,1-6H3. The summed E-state index contributed by atoms with van der Waals surface area (Å²) in [6.07, 6.45) is -10.4. The zero-order valence-corrected chi connectivity index (χ0v) is 68.5. The number of nitrogen functional groups attached to an aromatic ring is 1. The third kappa shape index (κ3) is 26.4. The third-order valence-corrected chi connectivity index (χ3v) is 16.7. The van der Waals surface area contributed by atoms with Gasteiger partial charge in [0.15, 0.2) is 5.82 Å². The van der Waals surface area contributed by atoms with Crippen LogP contribution in [0, 0.1) is 0 Å². The zero-order valence-electron chi connectivity index (χ0n) is 66.2. The van der Waals surface area contributed by atoms with Crippen LogP contribution < -0.4 is 45.9 Å². The van der Waals surface area contributed by atoms with Gasteiger partial charge in [0.05, 0.1) is 47.7 Å². The van der Waals surface area contributed by atoms with E-state index in [4.69, 9.17) is 59.8 Å². The molecule has 5 aromatic heterocycles. The summed E-state index contributed by atoms with van der Waals surface area (Å²) in [7, 11) is -1.16. The van der Waals surface area contributed by atoms with Crippen molar-refractivity contribution in [3.8, 4) is 11.4 Å². The first-order valence-electron chi connectivity index (χ1n) is 35.6. The minimum Gasteiger partial charge on any atom is -0.444 e. The van der Waals surface area contributed by atoms with Gasteiger partial charge in [-0.2, -0.15) is 29.9 Å². The number of carbonyl (C=O) groups excluding carboxylic acids is 5. The van der Waals surface area contributed by atoms with E-state index in [9.17, 15) is 50.3 Å². The molecule has 10 heterocycles. The van der Waals surface area contributed by atoms with Gasteiger partial charge >= 0.3 is 37.6 Å². The number of aromatic nitrogens is 12. The van der Waals surface area contributed by atoms with Crippen molar-refractivity contribution in [3.63, 3.8) is 0 Å². The molecule has 0 radical (unpaired) electrons. The summed E-state index contributed by atoms with van der Waals surface area (Å²) in [5, 5.41) is 3.44. The summed E-state index contributed by atoms with van der Waals surface area (Å²) in [6.45, 7) is 42.2. The third-order valence-electron chi connectivity index (χ3n) is 15.9. The fraction of sp³-hybridized carbons (Fsp3) is 0.662. The molecule has 5 saturated heterocycles. The molecule has 0 aromatic carbocycles. The number of halogens is 8. The lowest BCUT2D eigenvalue weighted by molar-refractivity contribution is 0.00578. The first kappa shape index (κ1) is 90.4. The van der Waals surface area contributed by atoms with Crippen molar-refractivity contribution in [2.24, 2.45) is 0 Å². The maximum atomic E-state index is 14.0. The molecule has 0 unspecified atom stereocenters. The molecule has 0 atom stereocenters. The molecule has 5 aromatic rings. The summed E-state index contributed by atoms with van der Waals surface area (Å²) in [6, 6.07) is 0. The Hall–Kier alpha value is -8.78. The number of imide groups is 2. The van der Waals surface area contributed by atoms with E-state index in [1.165, 1.54) is 6.20 Å². The highest BCUT2D eigenvalue weighted by molar-refractivity contribution is 9.10. The summed E-state index contributed by atoms with van der Waals surface area (Å²) in [5.41, 5.74) is -2.35. The quantitative estimate of drug-likeness (QED) is 0.0704. The maximum absolute atomic E-state index is 14.0. The highest BCUT2D eigenvalue weighted by atomic mass is 79.9. The number of anilines is 7. The molecule has 0 bridgehead atoms. The number of carbonyl (C=O) groups is 5. The van der Waals surface area contributed by atoms with Crippen LogP contribution in [0.5, 0.6) is 0 Å². The molecule has 0 spiro atoms. The largest absolute Gasteiger partial charge is 0.498 e. The molecule has 5 amide bonds. The number of nitrogens with one attached hydrogen (secondary N) is 1. The van der Waals surface area contributed by atoms with Crippen molar-refractivity contribution in [2.75, 3.05) is 140 Å². The van der Waals surface area contributed by atoms with Gasteiger partial charge in [-0.15, -0.1) is 9.80 Å². The van der Waals surface area contributed by atoms with E-state index in [2.05, 4.69) is 81.1 Å². The van der Waals surface area contributed by atoms with E-state index in [-0.39, 0.29) is 38.6 Å². The Balaban J connectivity index is 0.000000208. The number of alkyl halides is 6. The van der Waals surface area contributed by atoms with Gasteiger partial charge in [0.1, 0.15) is 45.1 Å².